The summed E-state index contributed by atoms with van der Waals surface area (Å²) >= 11 is 12.4. The monoisotopic (exact) mass is 391 g/mol. The maximum Gasteiger partial charge on any atom is 0.305 e. The number of halogens is 2. The van der Waals surface area contributed by atoms with Crippen molar-refractivity contribution in [1.29, 1.82) is 0 Å². The highest BCUT2D eigenvalue weighted by Gasteiger charge is 2.18. The third-order valence-corrected chi connectivity index (χ3v) is 5.64. The van der Waals surface area contributed by atoms with Gasteiger partial charge < -0.3 is 10.8 Å². The molecule has 0 aliphatic rings. The largest absolute Gasteiger partial charge is 0.481 e. The van der Waals surface area contributed by atoms with E-state index in [1.807, 2.05) is 30.3 Å². The number of benzene rings is 1. The molecule has 0 fully saturated rings. The highest BCUT2D eigenvalue weighted by atomic mass is 79.9. The van der Waals surface area contributed by atoms with Crippen LogP contribution in [0.4, 0.5) is 0 Å². The summed E-state index contributed by atoms with van der Waals surface area (Å²) in [5.74, 6) is -0.901. The van der Waals surface area contributed by atoms with Crippen LogP contribution in [0.3, 0.4) is 0 Å². The lowest BCUT2D eigenvalue weighted by Crippen LogP contribution is -2.14. The number of nitrogens with two attached hydrogens (primary N) is 1. The first-order chi connectivity index (χ1) is 9.45. The maximum atomic E-state index is 10.8. The molecule has 0 aliphatic carbocycles. The number of aliphatic carboxylic acids is 1. The molecular weight excluding hydrogens is 382 g/mol. The molecule has 0 saturated carbocycles. The SMILES string of the molecule is NC(CC(=O)O)c1cc(Br)sc1Sc1ccc(Cl)cc1. The molecule has 1 aromatic carbocycles. The van der Waals surface area contributed by atoms with E-state index in [2.05, 4.69) is 15.9 Å². The van der Waals surface area contributed by atoms with E-state index in [0.717, 1.165) is 18.5 Å². The molecule has 0 radical (unpaired) electrons. The van der Waals surface area contributed by atoms with Gasteiger partial charge in [-0.2, -0.15) is 0 Å². The fourth-order valence-electron chi connectivity index (χ4n) is 1.60. The van der Waals surface area contributed by atoms with Crippen molar-refractivity contribution in [2.75, 3.05) is 0 Å². The molecule has 1 aromatic heterocycles. The van der Waals surface area contributed by atoms with E-state index in [4.69, 9.17) is 22.4 Å². The van der Waals surface area contributed by atoms with Crippen LogP contribution < -0.4 is 5.73 Å². The topological polar surface area (TPSA) is 63.3 Å². The van der Waals surface area contributed by atoms with Crippen molar-refractivity contribution in [1.82, 2.24) is 0 Å². The van der Waals surface area contributed by atoms with E-state index in [1.165, 1.54) is 0 Å². The zero-order valence-electron chi connectivity index (χ0n) is 10.2. The Bertz CT molecular complexity index is 615. The number of rotatable bonds is 5. The minimum atomic E-state index is -0.901. The van der Waals surface area contributed by atoms with Gasteiger partial charge in [-0.15, -0.1) is 11.3 Å². The lowest BCUT2D eigenvalue weighted by Gasteiger charge is -2.10. The van der Waals surface area contributed by atoms with Gasteiger partial charge in [0.2, 0.25) is 0 Å². The summed E-state index contributed by atoms with van der Waals surface area (Å²) in [7, 11) is 0. The fourth-order valence-corrected chi connectivity index (χ4v) is 5.01. The quantitative estimate of drug-likeness (QED) is 0.768. The highest BCUT2D eigenvalue weighted by molar-refractivity contribution is 9.11. The molecule has 3 nitrogen and oxygen atoms in total. The molecule has 0 aliphatic heterocycles. The third-order valence-electron chi connectivity index (χ3n) is 2.51. The molecule has 0 bridgehead atoms. The van der Waals surface area contributed by atoms with Crippen molar-refractivity contribution < 1.29 is 9.90 Å². The van der Waals surface area contributed by atoms with Crippen LogP contribution >= 0.6 is 50.6 Å². The summed E-state index contributed by atoms with van der Waals surface area (Å²) in [5, 5.41) is 9.54. The number of carboxylic acid groups (broad SMARTS) is 1. The fraction of sp³-hybridized carbons (Fsp3) is 0.154. The Morgan fingerprint density at radius 3 is 2.70 bits per heavy atom. The van der Waals surface area contributed by atoms with E-state index in [9.17, 15) is 4.79 Å². The van der Waals surface area contributed by atoms with Gasteiger partial charge in [0.15, 0.2) is 0 Å². The number of carbonyl (C=O) groups is 1. The number of hydrogen-bond acceptors (Lipinski definition) is 4. The van der Waals surface area contributed by atoms with Gasteiger partial charge in [-0.05, 0) is 51.8 Å². The van der Waals surface area contributed by atoms with Gasteiger partial charge >= 0.3 is 5.97 Å². The van der Waals surface area contributed by atoms with E-state index in [0.29, 0.717) is 5.02 Å². The van der Waals surface area contributed by atoms with E-state index in [1.54, 1.807) is 23.1 Å². The van der Waals surface area contributed by atoms with Gasteiger partial charge in [0.25, 0.3) is 0 Å². The summed E-state index contributed by atoms with van der Waals surface area (Å²) < 4.78 is 1.93. The molecule has 2 rings (SSSR count). The molecule has 3 N–H and O–H groups in total. The van der Waals surface area contributed by atoms with Gasteiger partial charge in [-0.1, -0.05) is 23.4 Å². The minimum absolute atomic E-state index is 0.0860. The number of thiophene rings is 1. The second-order valence-corrected chi connectivity index (χ2v) is 8.26. The lowest BCUT2D eigenvalue weighted by atomic mass is 10.1. The summed E-state index contributed by atoms with van der Waals surface area (Å²) in [5.41, 5.74) is 6.81. The van der Waals surface area contributed by atoms with Gasteiger partial charge in [0.1, 0.15) is 0 Å². The highest BCUT2D eigenvalue weighted by Crippen LogP contribution is 2.41. The molecule has 0 spiro atoms. The molecule has 20 heavy (non-hydrogen) atoms. The smallest absolute Gasteiger partial charge is 0.305 e. The van der Waals surface area contributed by atoms with E-state index < -0.39 is 12.0 Å². The molecule has 0 amide bonds. The Hall–Kier alpha value is -0.530. The van der Waals surface area contributed by atoms with Gasteiger partial charge in [-0.3, -0.25) is 4.79 Å². The summed E-state index contributed by atoms with van der Waals surface area (Å²) in [4.78, 5) is 11.8. The van der Waals surface area contributed by atoms with Crippen LogP contribution in [0.25, 0.3) is 0 Å². The van der Waals surface area contributed by atoms with E-state index >= 15 is 0 Å². The van der Waals surface area contributed by atoms with Gasteiger partial charge in [-0.25, -0.2) is 0 Å². The normalized spacial score (nSPS) is 12.3. The lowest BCUT2D eigenvalue weighted by molar-refractivity contribution is -0.137. The standard InChI is InChI=1S/C13H11BrClNO2S2/c14-11-5-9(10(16)6-12(17)18)13(20-11)19-8-3-1-7(15)2-4-8/h1-5,10H,6,16H2,(H,17,18). The molecule has 1 atom stereocenters. The summed E-state index contributed by atoms with van der Waals surface area (Å²) in [6.45, 7) is 0. The van der Waals surface area contributed by atoms with Crippen LogP contribution in [0.5, 0.6) is 0 Å². The van der Waals surface area contributed by atoms with Crippen LogP contribution in [-0.4, -0.2) is 11.1 Å². The first kappa shape index (κ1) is 15.9. The van der Waals surface area contributed by atoms with Crippen molar-refractivity contribution in [3.05, 3.63) is 44.7 Å². The number of hydrogen-bond donors (Lipinski definition) is 2. The van der Waals surface area contributed by atoms with Crippen molar-refractivity contribution >= 4 is 56.6 Å². The third kappa shape index (κ3) is 4.23. The Morgan fingerprint density at radius 2 is 2.10 bits per heavy atom. The van der Waals surface area contributed by atoms with Crippen LogP contribution in [0, 0.1) is 0 Å². The predicted octanol–water partition coefficient (Wildman–Crippen LogP) is 4.79. The summed E-state index contributed by atoms with van der Waals surface area (Å²) in [6.07, 6.45) is -0.0860. The molecule has 1 unspecified atom stereocenters. The maximum absolute atomic E-state index is 10.8. The second kappa shape index (κ2) is 6.95. The van der Waals surface area contributed by atoms with Crippen molar-refractivity contribution in [2.45, 2.75) is 21.6 Å². The Labute approximate surface area is 138 Å². The molecular formula is C13H11BrClNO2S2. The number of carboxylic acids is 1. The minimum Gasteiger partial charge on any atom is -0.481 e. The summed E-state index contributed by atoms with van der Waals surface area (Å²) in [6, 6.07) is 8.87. The Morgan fingerprint density at radius 1 is 1.45 bits per heavy atom. The Balaban J connectivity index is 2.23. The average Bonchev–Trinajstić information content (AvgIpc) is 2.72. The first-order valence-electron chi connectivity index (χ1n) is 5.65. The molecule has 7 heteroatoms. The second-order valence-electron chi connectivity index (χ2n) is 4.05. The molecule has 1 heterocycles. The van der Waals surface area contributed by atoms with Crippen LogP contribution in [0.15, 0.2) is 43.2 Å². The zero-order chi connectivity index (χ0) is 14.7. The molecule has 0 saturated heterocycles. The average molecular weight is 393 g/mol. The zero-order valence-corrected chi connectivity index (χ0v) is 14.2. The van der Waals surface area contributed by atoms with Crippen LogP contribution in [-0.2, 0) is 4.79 Å². The molecule has 106 valence electrons. The van der Waals surface area contributed by atoms with Gasteiger partial charge in [0, 0.05) is 16.0 Å². The van der Waals surface area contributed by atoms with Crippen molar-refractivity contribution in [2.24, 2.45) is 5.73 Å². The predicted molar refractivity (Wildman–Crippen MR) is 86.8 cm³/mol. The van der Waals surface area contributed by atoms with Crippen molar-refractivity contribution in [3.8, 4) is 0 Å². The van der Waals surface area contributed by atoms with Crippen LogP contribution in [0.2, 0.25) is 5.02 Å². The van der Waals surface area contributed by atoms with E-state index in [-0.39, 0.29) is 6.42 Å². The van der Waals surface area contributed by atoms with Crippen molar-refractivity contribution in [3.63, 3.8) is 0 Å². The molecule has 2 aromatic rings. The van der Waals surface area contributed by atoms with Crippen LogP contribution in [0.1, 0.15) is 18.0 Å². The first-order valence-corrected chi connectivity index (χ1v) is 8.46. The Kier molecular flexibility index (Phi) is 5.51. The van der Waals surface area contributed by atoms with Gasteiger partial charge in [0.05, 0.1) is 14.4 Å².